The molecule has 2 heterocycles. The van der Waals surface area contributed by atoms with E-state index in [4.69, 9.17) is 16.3 Å². The van der Waals surface area contributed by atoms with Crippen molar-refractivity contribution in [3.8, 4) is 5.75 Å². The normalized spacial score (nSPS) is 19.7. The van der Waals surface area contributed by atoms with E-state index in [0.29, 0.717) is 35.4 Å². The Balaban J connectivity index is 1.83. The van der Waals surface area contributed by atoms with Gasteiger partial charge in [0, 0.05) is 18.5 Å². The van der Waals surface area contributed by atoms with Gasteiger partial charge in [0.15, 0.2) is 5.78 Å². The van der Waals surface area contributed by atoms with Gasteiger partial charge in [-0.2, -0.15) is 0 Å². The lowest BCUT2D eigenvalue weighted by atomic mass is 10.0. The molecular weight excluding hydrogens is 264 g/mol. The van der Waals surface area contributed by atoms with Gasteiger partial charge in [-0.1, -0.05) is 11.6 Å². The van der Waals surface area contributed by atoms with Crippen LogP contribution in [0.3, 0.4) is 0 Å². The van der Waals surface area contributed by atoms with E-state index in [1.807, 2.05) is 6.07 Å². The third-order valence-electron chi connectivity index (χ3n) is 3.66. The third kappa shape index (κ3) is 2.69. The maximum Gasteiger partial charge on any atom is 0.170 e. The largest absolute Gasteiger partial charge is 0.492 e. The molecular formula is C14H17ClN2O2. The van der Waals surface area contributed by atoms with E-state index in [1.54, 1.807) is 6.07 Å². The first-order valence-electron chi connectivity index (χ1n) is 6.71. The van der Waals surface area contributed by atoms with Gasteiger partial charge in [0.05, 0.1) is 22.9 Å². The summed E-state index contributed by atoms with van der Waals surface area (Å²) < 4.78 is 5.55. The predicted octanol–water partition coefficient (Wildman–Crippen LogP) is 2.47. The molecule has 4 nitrogen and oxygen atoms in total. The van der Waals surface area contributed by atoms with Gasteiger partial charge >= 0.3 is 0 Å². The number of anilines is 1. The van der Waals surface area contributed by atoms with Crippen molar-refractivity contribution in [1.29, 1.82) is 0 Å². The number of ketones is 1. The number of fused-ring (bicyclic) bond motifs is 1. The highest BCUT2D eigenvalue weighted by Gasteiger charge is 2.22. The fourth-order valence-corrected chi connectivity index (χ4v) is 2.79. The Bertz CT molecular complexity index is 498. The van der Waals surface area contributed by atoms with Crippen molar-refractivity contribution in [2.45, 2.75) is 25.3 Å². The van der Waals surface area contributed by atoms with Crippen LogP contribution < -0.4 is 15.4 Å². The maximum atomic E-state index is 11.8. The Morgan fingerprint density at radius 2 is 2.11 bits per heavy atom. The van der Waals surface area contributed by atoms with Crippen LogP contribution in [0.1, 0.15) is 29.6 Å². The minimum atomic E-state index is 0.108. The quantitative estimate of drug-likeness (QED) is 0.874. The van der Waals surface area contributed by atoms with Crippen LogP contribution in [0.15, 0.2) is 12.1 Å². The number of carbonyl (C=O) groups is 1. The second-order valence-corrected chi connectivity index (χ2v) is 5.43. The number of piperidine rings is 1. The fourth-order valence-electron chi connectivity index (χ4n) is 2.58. The summed E-state index contributed by atoms with van der Waals surface area (Å²) in [4.78, 5) is 11.8. The molecule has 3 rings (SSSR count). The van der Waals surface area contributed by atoms with E-state index >= 15 is 0 Å². The Labute approximate surface area is 117 Å². The molecule has 2 aliphatic heterocycles. The lowest BCUT2D eigenvalue weighted by Gasteiger charge is -2.26. The summed E-state index contributed by atoms with van der Waals surface area (Å²) in [6.45, 7) is 2.50. The van der Waals surface area contributed by atoms with Gasteiger partial charge in [-0.25, -0.2) is 0 Å². The average molecular weight is 281 g/mol. The number of halogens is 1. The molecule has 1 aromatic rings. The second kappa shape index (κ2) is 5.39. The summed E-state index contributed by atoms with van der Waals surface area (Å²) in [5.74, 6) is 0.758. The molecule has 0 atom stereocenters. The monoisotopic (exact) mass is 280 g/mol. The highest BCUT2D eigenvalue weighted by molar-refractivity contribution is 6.33. The van der Waals surface area contributed by atoms with E-state index in [0.717, 1.165) is 31.6 Å². The molecule has 5 heteroatoms. The molecule has 102 valence electrons. The van der Waals surface area contributed by atoms with Crippen molar-refractivity contribution < 1.29 is 9.53 Å². The summed E-state index contributed by atoms with van der Waals surface area (Å²) in [6, 6.07) is 4.01. The number of ether oxygens (including phenoxy) is 1. The summed E-state index contributed by atoms with van der Waals surface area (Å²) in [7, 11) is 0. The van der Waals surface area contributed by atoms with E-state index in [9.17, 15) is 4.79 Å². The minimum absolute atomic E-state index is 0.108. The molecule has 1 fully saturated rings. The van der Waals surface area contributed by atoms with Crippen molar-refractivity contribution >= 4 is 23.1 Å². The van der Waals surface area contributed by atoms with Gasteiger partial charge < -0.3 is 15.4 Å². The lowest BCUT2D eigenvalue weighted by molar-refractivity contribution is 0.0933. The highest BCUT2D eigenvalue weighted by atomic mass is 35.5. The smallest absolute Gasteiger partial charge is 0.170 e. The minimum Gasteiger partial charge on any atom is -0.492 e. The van der Waals surface area contributed by atoms with Gasteiger partial charge in [0.25, 0.3) is 0 Å². The summed E-state index contributed by atoms with van der Waals surface area (Å²) >= 11 is 6.26. The molecule has 0 unspecified atom stereocenters. The van der Waals surface area contributed by atoms with Gasteiger partial charge in [0.1, 0.15) is 5.75 Å². The number of nitrogens with one attached hydrogen (secondary N) is 2. The molecule has 2 N–H and O–H groups in total. The Kier molecular flexibility index (Phi) is 3.62. The third-order valence-corrected chi connectivity index (χ3v) is 3.97. The van der Waals surface area contributed by atoms with Gasteiger partial charge in [-0.15, -0.1) is 0 Å². The van der Waals surface area contributed by atoms with Crippen LogP contribution in [-0.4, -0.2) is 31.5 Å². The highest BCUT2D eigenvalue weighted by Crippen LogP contribution is 2.34. The topological polar surface area (TPSA) is 50.4 Å². The van der Waals surface area contributed by atoms with Crippen molar-refractivity contribution in [1.82, 2.24) is 5.32 Å². The zero-order valence-corrected chi connectivity index (χ0v) is 11.4. The molecule has 1 saturated heterocycles. The van der Waals surface area contributed by atoms with E-state index in [2.05, 4.69) is 10.6 Å². The Morgan fingerprint density at radius 1 is 1.32 bits per heavy atom. The van der Waals surface area contributed by atoms with E-state index in [1.165, 1.54) is 0 Å². The molecule has 19 heavy (non-hydrogen) atoms. The predicted molar refractivity (Wildman–Crippen MR) is 75.4 cm³/mol. The second-order valence-electron chi connectivity index (χ2n) is 5.02. The van der Waals surface area contributed by atoms with Crippen LogP contribution in [0.5, 0.6) is 5.75 Å². The average Bonchev–Trinajstić information content (AvgIpc) is 2.42. The molecule has 0 radical (unpaired) electrons. The Morgan fingerprint density at radius 3 is 2.89 bits per heavy atom. The zero-order chi connectivity index (χ0) is 13.2. The van der Waals surface area contributed by atoms with Crippen LogP contribution >= 0.6 is 11.6 Å². The summed E-state index contributed by atoms with van der Waals surface area (Å²) in [6.07, 6.45) is 2.59. The van der Waals surface area contributed by atoms with Crippen LogP contribution in [-0.2, 0) is 0 Å². The first kappa shape index (κ1) is 12.8. The van der Waals surface area contributed by atoms with Crippen LogP contribution in [0, 0.1) is 0 Å². The van der Waals surface area contributed by atoms with Gasteiger partial charge in [-0.05, 0) is 32.0 Å². The first-order chi connectivity index (χ1) is 9.24. The van der Waals surface area contributed by atoms with Crippen LogP contribution in [0.2, 0.25) is 5.02 Å². The molecule has 2 aliphatic rings. The summed E-state index contributed by atoms with van der Waals surface area (Å²) in [5, 5.41) is 7.37. The lowest BCUT2D eigenvalue weighted by Crippen LogP contribution is -2.35. The molecule has 0 saturated carbocycles. The Hall–Kier alpha value is -1.26. The fraction of sp³-hybridized carbons (Fsp3) is 0.500. The number of rotatable bonds is 2. The first-order valence-corrected chi connectivity index (χ1v) is 7.08. The number of carbonyl (C=O) groups excluding carboxylic acids is 1. The van der Waals surface area contributed by atoms with Gasteiger partial charge in [0.2, 0.25) is 0 Å². The molecule has 0 aliphatic carbocycles. The molecule has 1 aromatic carbocycles. The number of hydrogen-bond acceptors (Lipinski definition) is 4. The van der Waals surface area contributed by atoms with Crippen molar-refractivity contribution in [3.63, 3.8) is 0 Å². The summed E-state index contributed by atoms with van der Waals surface area (Å²) in [5.41, 5.74) is 1.47. The molecule has 0 bridgehead atoms. The van der Waals surface area contributed by atoms with Crippen molar-refractivity contribution in [2.24, 2.45) is 0 Å². The standard InChI is InChI=1S/C14H17ClN2O2/c15-11-7-10-13(18)3-6-19-14(10)8-12(11)17-9-1-4-16-5-2-9/h7-9,16-17H,1-6H2. The van der Waals surface area contributed by atoms with E-state index < -0.39 is 0 Å². The SMILES string of the molecule is O=C1CCOc2cc(NC3CCNCC3)c(Cl)cc21. The number of benzene rings is 1. The number of hydrogen-bond donors (Lipinski definition) is 2. The zero-order valence-electron chi connectivity index (χ0n) is 10.7. The van der Waals surface area contributed by atoms with Crippen molar-refractivity contribution in [3.05, 3.63) is 22.7 Å². The van der Waals surface area contributed by atoms with Crippen LogP contribution in [0.25, 0.3) is 0 Å². The van der Waals surface area contributed by atoms with E-state index in [-0.39, 0.29) is 5.78 Å². The maximum absolute atomic E-state index is 11.8. The molecule has 0 spiro atoms. The van der Waals surface area contributed by atoms with Crippen LogP contribution in [0.4, 0.5) is 5.69 Å². The van der Waals surface area contributed by atoms with Crippen molar-refractivity contribution in [2.75, 3.05) is 25.0 Å². The number of Topliss-reactive ketones (excluding diaryl/α,β-unsaturated/α-hetero) is 1. The van der Waals surface area contributed by atoms with Gasteiger partial charge in [-0.3, -0.25) is 4.79 Å². The molecule has 0 aromatic heterocycles. The molecule has 0 amide bonds.